The number of halogens is 1. The Morgan fingerprint density at radius 3 is 2.63 bits per heavy atom. The fourth-order valence-corrected chi connectivity index (χ4v) is 3.61. The van der Waals surface area contributed by atoms with Gasteiger partial charge in [-0.1, -0.05) is 18.6 Å². The summed E-state index contributed by atoms with van der Waals surface area (Å²) in [5, 5.41) is 3.18. The monoisotopic (exact) mass is 261 g/mol. The first-order chi connectivity index (χ1) is 9.20. The highest BCUT2D eigenvalue weighted by molar-refractivity contribution is 5.76. The molecule has 0 aromatic heterocycles. The summed E-state index contributed by atoms with van der Waals surface area (Å²) >= 11 is 0. The van der Waals surface area contributed by atoms with Gasteiger partial charge in [0.2, 0.25) is 5.91 Å². The van der Waals surface area contributed by atoms with Crippen molar-refractivity contribution in [2.75, 3.05) is 0 Å². The number of amides is 1. The van der Waals surface area contributed by atoms with Gasteiger partial charge in [0.05, 0.1) is 0 Å². The van der Waals surface area contributed by atoms with Gasteiger partial charge in [-0.05, 0) is 55.2 Å². The third-order valence-corrected chi connectivity index (χ3v) is 4.64. The zero-order chi connectivity index (χ0) is 13.2. The molecule has 0 radical (unpaired) electrons. The molecule has 1 amide bonds. The van der Waals surface area contributed by atoms with Crippen molar-refractivity contribution in [2.45, 2.75) is 44.6 Å². The second kappa shape index (κ2) is 5.32. The fourth-order valence-electron chi connectivity index (χ4n) is 3.61. The molecule has 0 unspecified atom stereocenters. The van der Waals surface area contributed by atoms with Crippen LogP contribution in [0.5, 0.6) is 0 Å². The average Bonchev–Trinajstić information content (AvgIpc) is 3.00. The van der Waals surface area contributed by atoms with Gasteiger partial charge in [0, 0.05) is 12.5 Å². The van der Waals surface area contributed by atoms with E-state index >= 15 is 0 Å². The Kier molecular flexibility index (Phi) is 3.54. The van der Waals surface area contributed by atoms with Gasteiger partial charge in [0.15, 0.2) is 0 Å². The van der Waals surface area contributed by atoms with E-state index in [1.54, 1.807) is 12.1 Å². The lowest BCUT2D eigenvalue weighted by molar-refractivity contribution is -0.122. The Morgan fingerprint density at radius 2 is 2.00 bits per heavy atom. The van der Waals surface area contributed by atoms with E-state index in [0.717, 1.165) is 17.4 Å². The van der Waals surface area contributed by atoms with Crippen molar-refractivity contribution in [2.24, 2.45) is 11.8 Å². The molecule has 19 heavy (non-hydrogen) atoms. The van der Waals surface area contributed by atoms with Crippen LogP contribution in [-0.4, -0.2) is 11.9 Å². The van der Waals surface area contributed by atoms with Crippen LogP contribution in [0.25, 0.3) is 0 Å². The number of carbonyl (C=O) groups excluding carboxylic acids is 1. The Bertz CT molecular complexity index is 456. The van der Waals surface area contributed by atoms with Gasteiger partial charge in [0.25, 0.3) is 0 Å². The van der Waals surface area contributed by atoms with E-state index in [4.69, 9.17) is 0 Å². The SMILES string of the molecule is O=C(CCc1ccc(F)cc1)N[C@H]1C[C@H]2CC[C@@H]1C2. The van der Waals surface area contributed by atoms with Crippen LogP contribution in [0.4, 0.5) is 4.39 Å². The minimum absolute atomic E-state index is 0.141. The lowest BCUT2D eigenvalue weighted by atomic mass is 9.95. The zero-order valence-corrected chi connectivity index (χ0v) is 11.1. The largest absolute Gasteiger partial charge is 0.353 e. The molecule has 2 saturated carbocycles. The number of benzene rings is 1. The molecule has 0 saturated heterocycles. The minimum Gasteiger partial charge on any atom is -0.353 e. The molecule has 1 aromatic rings. The summed E-state index contributed by atoms with van der Waals surface area (Å²) in [5.41, 5.74) is 1.02. The maximum atomic E-state index is 12.8. The van der Waals surface area contributed by atoms with Crippen molar-refractivity contribution in [3.63, 3.8) is 0 Å². The quantitative estimate of drug-likeness (QED) is 0.886. The molecule has 0 aliphatic heterocycles. The van der Waals surface area contributed by atoms with E-state index in [2.05, 4.69) is 5.32 Å². The van der Waals surface area contributed by atoms with E-state index in [9.17, 15) is 9.18 Å². The van der Waals surface area contributed by atoms with Crippen molar-refractivity contribution < 1.29 is 9.18 Å². The number of hydrogen-bond acceptors (Lipinski definition) is 1. The van der Waals surface area contributed by atoms with Gasteiger partial charge >= 0.3 is 0 Å². The number of rotatable bonds is 4. The highest BCUT2D eigenvalue weighted by Crippen LogP contribution is 2.44. The fraction of sp³-hybridized carbons (Fsp3) is 0.562. The van der Waals surface area contributed by atoms with Gasteiger partial charge in [0.1, 0.15) is 5.82 Å². The average molecular weight is 261 g/mol. The summed E-state index contributed by atoms with van der Waals surface area (Å²) in [6.07, 6.45) is 6.31. The molecule has 102 valence electrons. The van der Waals surface area contributed by atoms with Crippen molar-refractivity contribution in [3.8, 4) is 0 Å². The standard InChI is InChI=1S/C16H20FNO/c17-14-6-2-11(3-7-14)4-8-16(19)18-15-10-12-1-5-13(15)9-12/h2-3,6-7,12-13,15H,1,4-5,8-10H2,(H,18,19)/t12-,13+,15-/m0/s1. The normalized spacial score (nSPS) is 28.6. The van der Waals surface area contributed by atoms with Crippen molar-refractivity contribution in [3.05, 3.63) is 35.6 Å². The van der Waals surface area contributed by atoms with Gasteiger partial charge in [-0.2, -0.15) is 0 Å². The van der Waals surface area contributed by atoms with Gasteiger partial charge < -0.3 is 5.32 Å². The molecule has 0 spiro atoms. The highest BCUT2D eigenvalue weighted by Gasteiger charge is 2.39. The lowest BCUT2D eigenvalue weighted by Crippen LogP contribution is -2.38. The molecule has 2 fully saturated rings. The minimum atomic E-state index is -0.227. The second-order valence-corrected chi connectivity index (χ2v) is 5.98. The number of aryl methyl sites for hydroxylation is 1. The number of fused-ring (bicyclic) bond motifs is 2. The van der Waals surface area contributed by atoms with Crippen molar-refractivity contribution >= 4 is 5.91 Å². The van der Waals surface area contributed by atoms with Crippen LogP contribution < -0.4 is 5.32 Å². The van der Waals surface area contributed by atoms with Crippen molar-refractivity contribution in [1.82, 2.24) is 5.32 Å². The van der Waals surface area contributed by atoms with Crippen LogP contribution in [0, 0.1) is 17.7 Å². The lowest BCUT2D eigenvalue weighted by Gasteiger charge is -2.22. The molecular weight excluding hydrogens is 241 g/mol. The van der Waals surface area contributed by atoms with Crippen LogP contribution >= 0.6 is 0 Å². The molecule has 2 nitrogen and oxygen atoms in total. The van der Waals surface area contributed by atoms with Crippen LogP contribution in [0.2, 0.25) is 0 Å². The van der Waals surface area contributed by atoms with E-state index in [1.165, 1.54) is 37.8 Å². The highest BCUT2D eigenvalue weighted by atomic mass is 19.1. The van der Waals surface area contributed by atoms with Crippen LogP contribution in [-0.2, 0) is 11.2 Å². The summed E-state index contributed by atoms with van der Waals surface area (Å²) in [6.45, 7) is 0. The van der Waals surface area contributed by atoms with Crippen LogP contribution in [0.1, 0.15) is 37.7 Å². The summed E-state index contributed by atoms with van der Waals surface area (Å²) in [6, 6.07) is 6.81. The zero-order valence-electron chi connectivity index (χ0n) is 11.1. The predicted molar refractivity (Wildman–Crippen MR) is 72.1 cm³/mol. The van der Waals surface area contributed by atoms with E-state index < -0.39 is 0 Å². The van der Waals surface area contributed by atoms with Gasteiger partial charge in [-0.15, -0.1) is 0 Å². The summed E-state index contributed by atoms with van der Waals surface area (Å²) in [7, 11) is 0. The second-order valence-electron chi connectivity index (χ2n) is 5.98. The number of hydrogen-bond donors (Lipinski definition) is 1. The summed E-state index contributed by atoms with van der Waals surface area (Å²) < 4.78 is 12.8. The van der Waals surface area contributed by atoms with E-state index in [0.29, 0.717) is 18.9 Å². The van der Waals surface area contributed by atoms with Crippen molar-refractivity contribution in [1.29, 1.82) is 0 Å². The molecule has 0 heterocycles. The Labute approximate surface area is 113 Å². The maximum Gasteiger partial charge on any atom is 0.220 e. The van der Waals surface area contributed by atoms with E-state index in [1.807, 2.05) is 0 Å². The Morgan fingerprint density at radius 1 is 1.21 bits per heavy atom. The van der Waals surface area contributed by atoms with Gasteiger partial charge in [-0.25, -0.2) is 4.39 Å². The third-order valence-electron chi connectivity index (χ3n) is 4.64. The maximum absolute atomic E-state index is 12.8. The molecule has 2 aliphatic rings. The van der Waals surface area contributed by atoms with E-state index in [-0.39, 0.29) is 11.7 Å². The predicted octanol–water partition coefficient (Wildman–Crippen LogP) is 3.06. The summed E-state index contributed by atoms with van der Waals surface area (Å²) in [5.74, 6) is 1.49. The Balaban J connectivity index is 1.45. The number of carbonyl (C=O) groups is 1. The molecule has 2 bridgehead atoms. The van der Waals surface area contributed by atoms with Gasteiger partial charge in [-0.3, -0.25) is 4.79 Å². The smallest absolute Gasteiger partial charge is 0.220 e. The molecule has 3 atom stereocenters. The first-order valence-electron chi connectivity index (χ1n) is 7.24. The molecule has 3 rings (SSSR count). The first-order valence-corrected chi connectivity index (χ1v) is 7.24. The van der Waals surface area contributed by atoms with Crippen LogP contribution in [0.3, 0.4) is 0 Å². The molecule has 2 aliphatic carbocycles. The molecule has 1 N–H and O–H groups in total. The third kappa shape index (κ3) is 2.96. The molecule has 3 heteroatoms. The van der Waals surface area contributed by atoms with Crippen LogP contribution in [0.15, 0.2) is 24.3 Å². The Hall–Kier alpha value is -1.38. The summed E-state index contributed by atoms with van der Waals surface area (Å²) in [4.78, 5) is 11.9. The topological polar surface area (TPSA) is 29.1 Å². The number of nitrogens with one attached hydrogen (secondary N) is 1. The molecule has 1 aromatic carbocycles. The molecular formula is C16H20FNO. The first kappa shape index (κ1) is 12.6.